The summed E-state index contributed by atoms with van der Waals surface area (Å²) in [5.41, 5.74) is 23.5. The van der Waals surface area contributed by atoms with E-state index in [0.29, 0.717) is 0 Å². The zero-order chi connectivity index (χ0) is 22.1. The molecule has 30 heavy (non-hydrogen) atoms. The molecule has 12 nitrogen and oxygen atoms in total. The van der Waals surface area contributed by atoms with Crippen LogP contribution in [0.4, 0.5) is 0 Å². The number of nitrogens with two attached hydrogens (primary N) is 4. The lowest BCUT2D eigenvalue weighted by Crippen LogP contribution is -2.53. The SMILES string of the molecule is CC1(C)N=C(N)N=C(N)N1OCc1ccc(CON2C(N)=NC(N)=NC2(C)C)cc1. The smallest absolute Gasteiger partial charge is 0.226 e. The van der Waals surface area contributed by atoms with Crippen LogP contribution in [-0.4, -0.2) is 45.3 Å². The molecule has 162 valence electrons. The summed E-state index contributed by atoms with van der Waals surface area (Å²) in [5, 5.41) is 2.88. The summed E-state index contributed by atoms with van der Waals surface area (Å²) in [6, 6.07) is 7.70. The highest BCUT2D eigenvalue weighted by molar-refractivity contribution is 5.95. The molecule has 0 saturated heterocycles. The van der Waals surface area contributed by atoms with E-state index in [0.717, 1.165) is 11.1 Å². The highest BCUT2D eigenvalue weighted by atomic mass is 16.7. The van der Waals surface area contributed by atoms with Gasteiger partial charge in [0.15, 0.2) is 11.3 Å². The average Bonchev–Trinajstić information content (AvgIpc) is 2.59. The van der Waals surface area contributed by atoms with Gasteiger partial charge in [-0.15, -0.1) is 0 Å². The first kappa shape index (κ1) is 21.3. The summed E-state index contributed by atoms with van der Waals surface area (Å²) in [6.07, 6.45) is 0. The lowest BCUT2D eigenvalue weighted by atomic mass is 10.1. The Morgan fingerprint density at radius 2 is 1.03 bits per heavy atom. The largest absolute Gasteiger partial charge is 0.368 e. The molecule has 12 heteroatoms. The van der Waals surface area contributed by atoms with Gasteiger partial charge in [-0.1, -0.05) is 24.3 Å². The first-order valence-corrected chi connectivity index (χ1v) is 9.31. The highest BCUT2D eigenvalue weighted by Crippen LogP contribution is 2.22. The molecule has 0 saturated carbocycles. The lowest BCUT2D eigenvalue weighted by molar-refractivity contribution is -0.167. The fourth-order valence-electron chi connectivity index (χ4n) is 3.05. The second-order valence-corrected chi connectivity index (χ2v) is 7.82. The van der Waals surface area contributed by atoms with E-state index in [-0.39, 0.29) is 37.1 Å². The van der Waals surface area contributed by atoms with Gasteiger partial charge in [0.2, 0.25) is 23.8 Å². The zero-order valence-electron chi connectivity index (χ0n) is 17.5. The molecular weight excluding hydrogens is 388 g/mol. The third kappa shape index (κ3) is 4.60. The Bertz CT molecular complexity index is 842. The maximum atomic E-state index is 5.92. The molecule has 0 fully saturated rings. The summed E-state index contributed by atoms with van der Waals surface area (Å²) >= 11 is 0. The maximum Gasteiger partial charge on any atom is 0.226 e. The van der Waals surface area contributed by atoms with Gasteiger partial charge in [-0.3, -0.25) is 9.68 Å². The van der Waals surface area contributed by atoms with Crippen molar-refractivity contribution in [3.8, 4) is 0 Å². The van der Waals surface area contributed by atoms with Crippen molar-refractivity contribution < 1.29 is 9.68 Å². The third-order valence-corrected chi connectivity index (χ3v) is 4.39. The molecule has 0 aliphatic carbocycles. The van der Waals surface area contributed by atoms with Crippen molar-refractivity contribution in [2.75, 3.05) is 0 Å². The number of hydroxylamine groups is 4. The number of hydrogen-bond acceptors (Lipinski definition) is 12. The monoisotopic (exact) mass is 416 g/mol. The second kappa shape index (κ2) is 7.80. The van der Waals surface area contributed by atoms with Gasteiger partial charge in [-0.05, 0) is 38.8 Å². The van der Waals surface area contributed by atoms with Crippen LogP contribution in [0.3, 0.4) is 0 Å². The highest BCUT2D eigenvalue weighted by Gasteiger charge is 2.34. The van der Waals surface area contributed by atoms with Gasteiger partial charge in [-0.2, -0.15) is 20.1 Å². The van der Waals surface area contributed by atoms with Crippen LogP contribution < -0.4 is 22.9 Å². The fraction of sp³-hybridized carbons (Fsp3) is 0.444. The van der Waals surface area contributed by atoms with E-state index in [1.807, 2.05) is 52.0 Å². The van der Waals surface area contributed by atoms with Crippen LogP contribution in [-0.2, 0) is 22.9 Å². The van der Waals surface area contributed by atoms with Crippen molar-refractivity contribution in [3.05, 3.63) is 35.4 Å². The number of rotatable bonds is 6. The van der Waals surface area contributed by atoms with Crippen LogP contribution in [0.25, 0.3) is 0 Å². The minimum Gasteiger partial charge on any atom is -0.368 e. The molecular formula is C18H28N10O2. The fourth-order valence-corrected chi connectivity index (χ4v) is 3.05. The van der Waals surface area contributed by atoms with Crippen LogP contribution in [0.15, 0.2) is 44.2 Å². The number of hydrogen-bond donors (Lipinski definition) is 4. The van der Waals surface area contributed by atoms with Gasteiger partial charge in [0.05, 0.1) is 0 Å². The molecule has 2 heterocycles. The van der Waals surface area contributed by atoms with Crippen molar-refractivity contribution in [2.45, 2.75) is 52.2 Å². The Hall–Kier alpha value is -3.38. The summed E-state index contributed by atoms with van der Waals surface area (Å²) in [6.45, 7) is 7.88. The number of nitrogens with zero attached hydrogens (tertiary/aromatic N) is 6. The van der Waals surface area contributed by atoms with Gasteiger partial charge in [0.25, 0.3) is 0 Å². The normalized spacial score (nSPS) is 20.3. The molecule has 0 bridgehead atoms. The summed E-state index contributed by atoms with van der Waals surface area (Å²) < 4.78 is 0. The standard InChI is InChI=1S/C18H28N10O2/c1-17(2)25-13(19)23-15(21)27(17)29-9-11-5-7-12(8-6-11)10-30-28-16(22)24-14(20)26-18(28,3)4/h5-8H,9-10H2,1-4H3,(H4,19,21,23,25)(H4,20,22,24,26). The quantitative estimate of drug-likeness (QED) is 0.497. The Morgan fingerprint density at radius 3 is 1.33 bits per heavy atom. The van der Waals surface area contributed by atoms with Crippen molar-refractivity contribution in [3.63, 3.8) is 0 Å². The van der Waals surface area contributed by atoms with E-state index in [9.17, 15) is 0 Å². The Kier molecular flexibility index (Phi) is 5.55. The molecule has 2 aliphatic rings. The van der Waals surface area contributed by atoms with Crippen LogP contribution in [0, 0.1) is 0 Å². The summed E-state index contributed by atoms with van der Waals surface area (Å²) in [7, 11) is 0. The van der Waals surface area contributed by atoms with Gasteiger partial charge < -0.3 is 22.9 Å². The van der Waals surface area contributed by atoms with E-state index in [2.05, 4.69) is 20.0 Å². The Balaban J connectivity index is 1.57. The first-order chi connectivity index (χ1) is 14.0. The topological polar surface area (TPSA) is 178 Å². The molecule has 1 aromatic carbocycles. The number of benzene rings is 1. The van der Waals surface area contributed by atoms with Crippen LogP contribution >= 0.6 is 0 Å². The van der Waals surface area contributed by atoms with Crippen molar-refractivity contribution in [2.24, 2.45) is 42.9 Å². The van der Waals surface area contributed by atoms with Gasteiger partial charge in [-0.25, -0.2) is 9.98 Å². The van der Waals surface area contributed by atoms with Gasteiger partial charge in [0, 0.05) is 0 Å². The minimum atomic E-state index is -0.752. The Labute approximate surface area is 174 Å². The van der Waals surface area contributed by atoms with Crippen LogP contribution in [0.5, 0.6) is 0 Å². The molecule has 0 aromatic heterocycles. The third-order valence-electron chi connectivity index (χ3n) is 4.39. The predicted octanol–water partition coefficient (Wildman–Crippen LogP) is -0.0880. The molecule has 0 atom stereocenters. The molecule has 8 N–H and O–H groups in total. The van der Waals surface area contributed by atoms with Crippen molar-refractivity contribution in [1.29, 1.82) is 0 Å². The van der Waals surface area contributed by atoms with E-state index in [1.165, 1.54) is 10.1 Å². The lowest BCUT2D eigenvalue weighted by Gasteiger charge is -2.37. The Morgan fingerprint density at radius 1 is 0.700 bits per heavy atom. The van der Waals surface area contributed by atoms with Crippen LogP contribution in [0.1, 0.15) is 38.8 Å². The predicted molar refractivity (Wildman–Crippen MR) is 114 cm³/mol. The number of aliphatic imine (C=N–C) groups is 4. The van der Waals surface area contributed by atoms with E-state index < -0.39 is 11.3 Å². The average molecular weight is 416 g/mol. The van der Waals surface area contributed by atoms with Crippen LogP contribution in [0.2, 0.25) is 0 Å². The zero-order valence-corrected chi connectivity index (χ0v) is 17.5. The molecule has 0 amide bonds. The second-order valence-electron chi connectivity index (χ2n) is 7.82. The molecule has 1 aromatic rings. The first-order valence-electron chi connectivity index (χ1n) is 9.31. The number of guanidine groups is 4. The van der Waals surface area contributed by atoms with Crippen molar-refractivity contribution in [1.82, 2.24) is 10.1 Å². The summed E-state index contributed by atoms with van der Waals surface area (Å²) in [5.74, 6) is 0.559. The molecule has 0 radical (unpaired) electrons. The molecule has 2 aliphatic heterocycles. The van der Waals surface area contributed by atoms with E-state index in [1.54, 1.807) is 0 Å². The molecule has 0 spiro atoms. The summed E-state index contributed by atoms with van der Waals surface area (Å²) in [4.78, 5) is 28.0. The minimum absolute atomic E-state index is 0.123. The van der Waals surface area contributed by atoms with Crippen molar-refractivity contribution >= 4 is 23.8 Å². The molecule has 3 rings (SSSR count). The molecule has 0 unspecified atom stereocenters. The van der Waals surface area contributed by atoms with E-state index in [4.69, 9.17) is 32.6 Å². The maximum absolute atomic E-state index is 5.92. The van der Waals surface area contributed by atoms with Gasteiger partial charge >= 0.3 is 0 Å². The van der Waals surface area contributed by atoms with E-state index >= 15 is 0 Å². The van der Waals surface area contributed by atoms with Gasteiger partial charge in [0.1, 0.15) is 13.2 Å².